The normalized spacial score (nSPS) is 13.3. The predicted octanol–water partition coefficient (Wildman–Crippen LogP) is 2.96. The van der Waals surface area contributed by atoms with Crippen molar-refractivity contribution in [1.29, 1.82) is 0 Å². The van der Waals surface area contributed by atoms with Gasteiger partial charge in [0.15, 0.2) is 0 Å². The number of nitrogens with one attached hydrogen (secondary N) is 3. The van der Waals surface area contributed by atoms with Crippen LogP contribution >= 0.6 is 0 Å². The summed E-state index contributed by atoms with van der Waals surface area (Å²) in [6.45, 7) is 2.11. The number of likely N-dealkylation sites (N-methyl/N-ethyl adjacent to an activating group) is 1. The summed E-state index contributed by atoms with van der Waals surface area (Å²) in [5.41, 5.74) is 1.90. The Balaban J connectivity index is 1.94. The molecule has 8 nitrogen and oxygen atoms in total. The number of hydrogen-bond donors (Lipinski definition) is 3. The fourth-order valence-corrected chi connectivity index (χ4v) is 3.61. The minimum Gasteiger partial charge on any atom is -0.467 e. The van der Waals surface area contributed by atoms with Crippen LogP contribution in [0.1, 0.15) is 37.3 Å². The molecule has 0 aliphatic carbocycles. The zero-order valence-electron chi connectivity index (χ0n) is 20.1. The number of esters is 1. The van der Waals surface area contributed by atoms with Crippen molar-refractivity contribution in [3.63, 3.8) is 0 Å². The largest absolute Gasteiger partial charge is 0.467 e. The number of ether oxygens (including phenoxy) is 2. The van der Waals surface area contributed by atoms with Crippen molar-refractivity contribution in [3.05, 3.63) is 71.8 Å². The minimum absolute atomic E-state index is 0.0414. The summed E-state index contributed by atoms with van der Waals surface area (Å²) >= 11 is 0. The summed E-state index contributed by atoms with van der Waals surface area (Å²) in [5, 5.41) is 8.72. The lowest BCUT2D eigenvalue weighted by atomic mass is 10.00. The molecular formula is C26H35N3O5. The second-order valence-electron chi connectivity index (χ2n) is 7.99. The molecule has 184 valence electrons. The van der Waals surface area contributed by atoms with Crippen molar-refractivity contribution >= 4 is 18.0 Å². The van der Waals surface area contributed by atoms with E-state index in [0.717, 1.165) is 17.5 Å². The Morgan fingerprint density at radius 1 is 0.882 bits per heavy atom. The van der Waals surface area contributed by atoms with Crippen LogP contribution < -0.4 is 16.0 Å². The Hall–Kier alpha value is -3.39. The molecule has 0 aliphatic heterocycles. The van der Waals surface area contributed by atoms with E-state index in [-0.39, 0.29) is 18.6 Å². The van der Waals surface area contributed by atoms with Gasteiger partial charge in [-0.15, -0.1) is 0 Å². The first-order chi connectivity index (χ1) is 16.5. The summed E-state index contributed by atoms with van der Waals surface area (Å²) in [5.74, 6) is -0.645. The molecular weight excluding hydrogens is 434 g/mol. The van der Waals surface area contributed by atoms with Crippen LogP contribution in [0.25, 0.3) is 0 Å². The fraction of sp³-hybridized carbons (Fsp3) is 0.423. The van der Waals surface area contributed by atoms with Crippen LogP contribution in [-0.4, -0.2) is 50.3 Å². The molecule has 3 atom stereocenters. The number of methoxy groups -OCH3 is 1. The van der Waals surface area contributed by atoms with Gasteiger partial charge in [-0.2, -0.15) is 0 Å². The molecule has 0 radical (unpaired) electrons. The molecule has 2 unspecified atom stereocenters. The molecule has 0 heterocycles. The number of carbonyl (C=O) groups excluding carboxylic acids is 3. The van der Waals surface area contributed by atoms with E-state index in [9.17, 15) is 14.4 Å². The Bertz CT molecular complexity index is 892. The molecule has 2 amide bonds. The first-order valence-corrected chi connectivity index (χ1v) is 11.5. The second kappa shape index (κ2) is 14.7. The Kier molecular flexibility index (Phi) is 11.6. The van der Waals surface area contributed by atoms with Crippen LogP contribution in [0.15, 0.2) is 60.7 Å². The van der Waals surface area contributed by atoms with Gasteiger partial charge < -0.3 is 25.4 Å². The van der Waals surface area contributed by atoms with Gasteiger partial charge in [0.2, 0.25) is 5.91 Å². The number of carbonyl (C=O) groups is 3. The maximum absolute atomic E-state index is 12.5. The highest BCUT2D eigenvalue weighted by Crippen LogP contribution is 2.11. The van der Waals surface area contributed by atoms with Crippen molar-refractivity contribution in [2.75, 3.05) is 14.2 Å². The van der Waals surface area contributed by atoms with Gasteiger partial charge in [0.1, 0.15) is 12.6 Å². The Morgan fingerprint density at radius 2 is 1.50 bits per heavy atom. The van der Waals surface area contributed by atoms with Crippen LogP contribution in [0, 0.1) is 0 Å². The van der Waals surface area contributed by atoms with Gasteiger partial charge in [-0.3, -0.25) is 4.79 Å². The van der Waals surface area contributed by atoms with E-state index >= 15 is 0 Å². The van der Waals surface area contributed by atoms with Crippen LogP contribution in [0.5, 0.6) is 0 Å². The molecule has 0 bridgehead atoms. The molecule has 3 N–H and O–H groups in total. The van der Waals surface area contributed by atoms with Gasteiger partial charge in [-0.1, -0.05) is 67.6 Å². The lowest BCUT2D eigenvalue weighted by Gasteiger charge is -2.25. The van der Waals surface area contributed by atoms with E-state index in [1.807, 2.05) is 67.6 Å². The van der Waals surface area contributed by atoms with Gasteiger partial charge >= 0.3 is 12.1 Å². The summed E-state index contributed by atoms with van der Waals surface area (Å²) in [4.78, 5) is 37.0. The summed E-state index contributed by atoms with van der Waals surface area (Å²) in [6, 6.07) is 17.8. The van der Waals surface area contributed by atoms with E-state index in [1.165, 1.54) is 7.11 Å². The Morgan fingerprint density at radius 3 is 2.06 bits per heavy atom. The molecule has 0 aliphatic rings. The van der Waals surface area contributed by atoms with Gasteiger partial charge in [0.05, 0.1) is 13.2 Å². The molecule has 0 saturated carbocycles. The third kappa shape index (κ3) is 9.23. The SMILES string of the molecule is CCC(CCC(NC(=O)OCc1ccccc1)C(=O)OC)N[C@@H](Cc1ccccc1)C(=O)NC. The van der Waals surface area contributed by atoms with E-state index in [1.54, 1.807) is 7.05 Å². The van der Waals surface area contributed by atoms with Crippen molar-refractivity contribution in [1.82, 2.24) is 16.0 Å². The summed E-state index contributed by atoms with van der Waals surface area (Å²) < 4.78 is 10.1. The third-order valence-electron chi connectivity index (χ3n) is 5.57. The average molecular weight is 470 g/mol. The van der Waals surface area contributed by atoms with Gasteiger partial charge in [-0.25, -0.2) is 9.59 Å². The average Bonchev–Trinajstić information content (AvgIpc) is 2.88. The minimum atomic E-state index is -0.850. The quantitative estimate of drug-likeness (QED) is 0.390. The van der Waals surface area contributed by atoms with Crippen molar-refractivity contribution in [2.45, 2.75) is 57.3 Å². The Labute approximate surface area is 201 Å². The molecule has 8 heteroatoms. The number of alkyl carbamates (subject to hydrolysis) is 1. The molecule has 2 aromatic carbocycles. The number of amides is 2. The first-order valence-electron chi connectivity index (χ1n) is 11.5. The van der Waals surface area contributed by atoms with E-state index in [0.29, 0.717) is 19.3 Å². The lowest BCUT2D eigenvalue weighted by Crippen LogP contribution is -2.49. The highest BCUT2D eigenvalue weighted by molar-refractivity contribution is 5.82. The topological polar surface area (TPSA) is 106 Å². The maximum atomic E-state index is 12.5. The molecule has 0 fully saturated rings. The monoisotopic (exact) mass is 469 g/mol. The van der Waals surface area contributed by atoms with Gasteiger partial charge in [0.25, 0.3) is 0 Å². The highest BCUT2D eigenvalue weighted by Gasteiger charge is 2.26. The van der Waals surface area contributed by atoms with Crippen LogP contribution in [0.4, 0.5) is 4.79 Å². The smallest absolute Gasteiger partial charge is 0.408 e. The van der Waals surface area contributed by atoms with Crippen LogP contribution in [0.3, 0.4) is 0 Å². The van der Waals surface area contributed by atoms with Gasteiger partial charge in [0, 0.05) is 13.1 Å². The maximum Gasteiger partial charge on any atom is 0.408 e. The number of rotatable bonds is 13. The summed E-state index contributed by atoms with van der Waals surface area (Å²) in [7, 11) is 2.89. The molecule has 0 saturated heterocycles. The summed E-state index contributed by atoms with van der Waals surface area (Å²) in [6.07, 6.45) is 1.49. The molecule has 2 aromatic rings. The van der Waals surface area contributed by atoms with Crippen LogP contribution in [-0.2, 0) is 32.1 Å². The van der Waals surface area contributed by atoms with E-state index in [2.05, 4.69) is 16.0 Å². The zero-order chi connectivity index (χ0) is 24.8. The van der Waals surface area contributed by atoms with E-state index < -0.39 is 24.1 Å². The van der Waals surface area contributed by atoms with Crippen LogP contribution in [0.2, 0.25) is 0 Å². The van der Waals surface area contributed by atoms with Crippen molar-refractivity contribution in [2.24, 2.45) is 0 Å². The molecule has 2 rings (SSSR count). The molecule has 34 heavy (non-hydrogen) atoms. The van der Waals surface area contributed by atoms with Gasteiger partial charge in [-0.05, 0) is 36.8 Å². The lowest BCUT2D eigenvalue weighted by molar-refractivity contribution is -0.143. The fourth-order valence-electron chi connectivity index (χ4n) is 3.61. The van der Waals surface area contributed by atoms with Crippen molar-refractivity contribution < 1.29 is 23.9 Å². The number of hydrogen-bond acceptors (Lipinski definition) is 6. The standard InChI is InChI=1S/C26H35N3O5/c1-4-21(28-23(24(30)27-2)17-19-11-7-5-8-12-19)15-16-22(25(31)33-3)29-26(32)34-18-20-13-9-6-10-14-20/h5-14,21-23,28H,4,15-18H2,1-3H3,(H,27,30)(H,29,32)/t21?,22?,23-/m0/s1. The molecule has 0 spiro atoms. The highest BCUT2D eigenvalue weighted by atomic mass is 16.6. The second-order valence-corrected chi connectivity index (χ2v) is 7.99. The zero-order valence-corrected chi connectivity index (χ0v) is 20.1. The predicted molar refractivity (Wildman–Crippen MR) is 130 cm³/mol. The first kappa shape index (κ1) is 26.9. The number of benzene rings is 2. The third-order valence-corrected chi connectivity index (χ3v) is 5.57. The molecule has 0 aromatic heterocycles. The van der Waals surface area contributed by atoms with Crippen molar-refractivity contribution in [3.8, 4) is 0 Å². The van der Waals surface area contributed by atoms with E-state index in [4.69, 9.17) is 9.47 Å².